The molecule has 0 nitrogen and oxygen atoms in total. The predicted molar refractivity (Wildman–Crippen MR) is 141 cm³/mol. The number of hydrogen-bond donors (Lipinski definition) is 0. The summed E-state index contributed by atoms with van der Waals surface area (Å²) in [7, 11) is 0. The summed E-state index contributed by atoms with van der Waals surface area (Å²) in [5.74, 6) is -0.377. The molecule has 0 aromatic heterocycles. The quantitative estimate of drug-likeness (QED) is 0.253. The molecule has 0 spiro atoms. The molecular weight excluding hydrogens is 422 g/mol. The first-order chi connectivity index (χ1) is 16.6. The molecule has 2 heteroatoms. The molecule has 3 aromatic carbocycles. The second-order valence-corrected chi connectivity index (χ2v) is 8.53. The molecule has 0 aliphatic rings. The van der Waals surface area contributed by atoms with Gasteiger partial charge in [0.15, 0.2) is 0 Å². The van der Waals surface area contributed by atoms with Crippen LogP contribution in [0.1, 0.15) is 48.9 Å². The first-order valence-electron chi connectivity index (χ1n) is 12.1. The fraction of sp³-hybridized carbons (Fsp3) is 0.250. The van der Waals surface area contributed by atoms with Gasteiger partial charge in [0.05, 0.1) is 0 Å². The average Bonchev–Trinajstić information content (AvgIpc) is 2.84. The molecule has 3 aromatic rings. The van der Waals surface area contributed by atoms with Crippen LogP contribution in [-0.2, 0) is 25.7 Å². The van der Waals surface area contributed by atoms with Gasteiger partial charge in [-0.1, -0.05) is 85.0 Å². The van der Waals surface area contributed by atoms with Crippen LogP contribution in [0.5, 0.6) is 0 Å². The van der Waals surface area contributed by atoms with Gasteiger partial charge in [-0.25, -0.2) is 8.78 Å². The van der Waals surface area contributed by atoms with E-state index in [4.69, 9.17) is 0 Å². The summed E-state index contributed by atoms with van der Waals surface area (Å²) in [4.78, 5) is 0. The maximum absolute atomic E-state index is 14.8. The van der Waals surface area contributed by atoms with Crippen molar-refractivity contribution in [2.45, 2.75) is 52.4 Å². The van der Waals surface area contributed by atoms with E-state index in [-0.39, 0.29) is 11.6 Å². The SMILES string of the molecule is C/C=C/CCc1ccc(-c2ccc(C/C=C/Cc3ccc(CC/C=C/C)cc3F)cc2F)cc1. The number of hydrogen-bond acceptors (Lipinski definition) is 0. The van der Waals surface area contributed by atoms with E-state index >= 15 is 0 Å². The summed E-state index contributed by atoms with van der Waals surface area (Å²) < 4.78 is 29.1. The monoisotopic (exact) mass is 456 g/mol. The Morgan fingerprint density at radius 2 is 1.18 bits per heavy atom. The predicted octanol–water partition coefficient (Wildman–Crippen LogP) is 8.99. The zero-order chi connectivity index (χ0) is 24.2. The van der Waals surface area contributed by atoms with E-state index < -0.39 is 0 Å². The second-order valence-electron chi connectivity index (χ2n) is 8.53. The van der Waals surface area contributed by atoms with E-state index in [9.17, 15) is 8.78 Å². The minimum Gasteiger partial charge on any atom is -0.207 e. The Labute approximate surface area is 203 Å². The van der Waals surface area contributed by atoms with E-state index in [2.05, 4.69) is 30.4 Å². The lowest BCUT2D eigenvalue weighted by atomic mass is 9.99. The summed E-state index contributed by atoms with van der Waals surface area (Å²) >= 11 is 0. The van der Waals surface area contributed by atoms with Crippen LogP contribution in [0.2, 0.25) is 0 Å². The molecule has 0 saturated heterocycles. The molecule has 176 valence electrons. The molecule has 0 atom stereocenters. The standard InChI is InChI=1S/C32H34F2/c1-3-5-7-11-25-15-19-28(20-16-25)30-22-18-27(24-32(30)34)13-9-10-14-29-21-17-26(23-31(29)33)12-8-6-4-2/h3-6,9-10,15-24H,7-8,11-14H2,1-2H3/b5-3+,6-4+,10-9+. The zero-order valence-electron chi connectivity index (χ0n) is 20.2. The summed E-state index contributed by atoms with van der Waals surface area (Å²) in [5, 5.41) is 0. The van der Waals surface area contributed by atoms with Gasteiger partial charge in [-0.2, -0.15) is 0 Å². The largest absolute Gasteiger partial charge is 0.207 e. The van der Waals surface area contributed by atoms with E-state index in [1.807, 2.05) is 68.5 Å². The Bertz CT molecular complexity index is 1130. The summed E-state index contributed by atoms with van der Waals surface area (Å²) in [6.45, 7) is 4.02. The van der Waals surface area contributed by atoms with Crippen molar-refractivity contribution >= 4 is 0 Å². The van der Waals surface area contributed by atoms with Gasteiger partial charge in [0.2, 0.25) is 0 Å². The van der Waals surface area contributed by atoms with Crippen molar-refractivity contribution in [3.8, 4) is 11.1 Å². The van der Waals surface area contributed by atoms with Crippen LogP contribution >= 0.6 is 0 Å². The number of benzene rings is 3. The molecule has 0 heterocycles. The lowest BCUT2D eigenvalue weighted by Crippen LogP contribution is -1.92. The van der Waals surface area contributed by atoms with Crippen LogP contribution in [0.15, 0.2) is 97.1 Å². The topological polar surface area (TPSA) is 0 Å². The van der Waals surface area contributed by atoms with Crippen LogP contribution in [0, 0.1) is 11.6 Å². The van der Waals surface area contributed by atoms with Crippen LogP contribution in [-0.4, -0.2) is 0 Å². The van der Waals surface area contributed by atoms with Crippen molar-refractivity contribution < 1.29 is 8.78 Å². The highest BCUT2D eigenvalue weighted by molar-refractivity contribution is 5.64. The van der Waals surface area contributed by atoms with Gasteiger partial charge < -0.3 is 0 Å². The summed E-state index contributed by atoms with van der Waals surface area (Å²) in [5.41, 5.74) is 5.36. The van der Waals surface area contributed by atoms with Gasteiger partial charge in [0.25, 0.3) is 0 Å². The van der Waals surface area contributed by atoms with E-state index in [1.54, 1.807) is 12.1 Å². The molecule has 0 saturated carbocycles. The first-order valence-corrected chi connectivity index (χ1v) is 12.1. The van der Waals surface area contributed by atoms with Gasteiger partial charge in [0.1, 0.15) is 11.6 Å². The molecule has 34 heavy (non-hydrogen) atoms. The molecule has 0 aliphatic heterocycles. The Morgan fingerprint density at radius 3 is 1.82 bits per heavy atom. The molecule has 3 rings (SSSR count). The Morgan fingerprint density at radius 1 is 0.588 bits per heavy atom. The van der Waals surface area contributed by atoms with Crippen LogP contribution in [0.25, 0.3) is 11.1 Å². The molecule has 0 bridgehead atoms. The fourth-order valence-electron chi connectivity index (χ4n) is 3.95. The highest BCUT2D eigenvalue weighted by atomic mass is 19.1. The van der Waals surface area contributed by atoms with Crippen LogP contribution < -0.4 is 0 Å². The molecule has 0 fully saturated rings. The summed E-state index contributed by atoms with van der Waals surface area (Å²) in [6.07, 6.45) is 17.2. The summed E-state index contributed by atoms with van der Waals surface area (Å²) in [6, 6.07) is 19.0. The molecule has 0 amide bonds. The van der Waals surface area contributed by atoms with Gasteiger partial charge in [-0.15, -0.1) is 0 Å². The first kappa shape index (κ1) is 25.4. The molecule has 0 unspecified atom stereocenters. The number of allylic oxidation sites excluding steroid dienone is 6. The van der Waals surface area contributed by atoms with Crippen molar-refractivity contribution in [2.24, 2.45) is 0 Å². The Kier molecular flexibility index (Phi) is 10.0. The fourth-order valence-corrected chi connectivity index (χ4v) is 3.95. The molecular formula is C32H34F2. The van der Waals surface area contributed by atoms with E-state index in [1.165, 1.54) is 5.56 Å². The minimum atomic E-state index is -0.216. The lowest BCUT2D eigenvalue weighted by molar-refractivity contribution is 0.612. The normalized spacial score (nSPS) is 11.9. The van der Waals surface area contributed by atoms with Crippen LogP contribution in [0.3, 0.4) is 0 Å². The van der Waals surface area contributed by atoms with Gasteiger partial charge in [0, 0.05) is 5.56 Å². The maximum atomic E-state index is 14.8. The maximum Gasteiger partial charge on any atom is 0.131 e. The van der Waals surface area contributed by atoms with Crippen molar-refractivity contribution in [3.05, 3.63) is 131 Å². The van der Waals surface area contributed by atoms with Crippen molar-refractivity contribution in [1.82, 2.24) is 0 Å². The highest BCUT2D eigenvalue weighted by Crippen LogP contribution is 2.25. The third-order valence-electron chi connectivity index (χ3n) is 5.94. The molecule has 0 radical (unpaired) electrons. The third-order valence-corrected chi connectivity index (χ3v) is 5.94. The smallest absolute Gasteiger partial charge is 0.131 e. The Hall–Kier alpha value is -3.26. The number of aryl methyl sites for hydroxylation is 2. The third kappa shape index (κ3) is 7.66. The van der Waals surface area contributed by atoms with Gasteiger partial charge in [-0.3, -0.25) is 0 Å². The lowest BCUT2D eigenvalue weighted by Gasteiger charge is -2.07. The van der Waals surface area contributed by atoms with Gasteiger partial charge in [-0.05, 0) is 92.3 Å². The van der Waals surface area contributed by atoms with Gasteiger partial charge >= 0.3 is 0 Å². The van der Waals surface area contributed by atoms with Crippen molar-refractivity contribution in [1.29, 1.82) is 0 Å². The number of rotatable bonds is 11. The van der Waals surface area contributed by atoms with E-state index in [0.29, 0.717) is 24.0 Å². The van der Waals surface area contributed by atoms with Crippen molar-refractivity contribution in [2.75, 3.05) is 0 Å². The molecule has 0 N–H and O–H groups in total. The minimum absolute atomic E-state index is 0.161. The second kappa shape index (κ2) is 13.4. The van der Waals surface area contributed by atoms with Crippen LogP contribution in [0.4, 0.5) is 8.78 Å². The Balaban J connectivity index is 1.55. The number of halogens is 2. The average molecular weight is 457 g/mol. The molecule has 0 aliphatic carbocycles. The highest BCUT2D eigenvalue weighted by Gasteiger charge is 2.06. The van der Waals surface area contributed by atoms with E-state index in [0.717, 1.165) is 42.4 Å². The zero-order valence-corrected chi connectivity index (χ0v) is 20.2. The van der Waals surface area contributed by atoms with Crippen molar-refractivity contribution in [3.63, 3.8) is 0 Å².